The van der Waals surface area contributed by atoms with Gasteiger partial charge in [0, 0.05) is 23.9 Å². The van der Waals surface area contributed by atoms with Gasteiger partial charge < -0.3 is 0 Å². The molecule has 72 valence electrons. The number of hydrogen-bond acceptors (Lipinski definition) is 4. The van der Waals surface area contributed by atoms with Gasteiger partial charge in [-0.3, -0.25) is 15.4 Å². The van der Waals surface area contributed by atoms with Gasteiger partial charge in [-0.15, -0.1) is 11.8 Å². The summed E-state index contributed by atoms with van der Waals surface area (Å²) in [6.45, 7) is 1.06. The van der Waals surface area contributed by atoms with E-state index in [-0.39, 0.29) is 0 Å². The summed E-state index contributed by atoms with van der Waals surface area (Å²) in [5, 5.41) is 11.9. The third-order valence-corrected chi connectivity index (χ3v) is 3.53. The number of aromatic nitrogens is 3. The van der Waals surface area contributed by atoms with Crippen LogP contribution in [-0.2, 0) is 0 Å². The summed E-state index contributed by atoms with van der Waals surface area (Å²) in [7, 11) is 0. The van der Waals surface area contributed by atoms with Gasteiger partial charge in [-0.05, 0) is 6.07 Å². The van der Waals surface area contributed by atoms with Gasteiger partial charge in [-0.25, -0.2) is 0 Å². The molecule has 4 nitrogen and oxygen atoms in total. The molecule has 1 unspecified atom stereocenters. The first-order chi connectivity index (χ1) is 6.95. The van der Waals surface area contributed by atoms with Crippen LogP contribution in [0.3, 0.4) is 0 Å². The highest BCUT2D eigenvalue weighted by molar-refractivity contribution is 7.99. The topological polar surface area (TPSA) is 53.6 Å². The maximum Gasteiger partial charge on any atom is 0.0970 e. The zero-order valence-electron chi connectivity index (χ0n) is 7.53. The fraction of sp³-hybridized carbons (Fsp3) is 0.333. The second-order valence-corrected chi connectivity index (χ2v) is 4.45. The van der Waals surface area contributed by atoms with E-state index >= 15 is 0 Å². The van der Waals surface area contributed by atoms with Gasteiger partial charge in [-0.1, -0.05) is 0 Å². The van der Waals surface area contributed by atoms with E-state index in [0.717, 1.165) is 28.9 Å². The summed E-state index contributed by atoms with van der Waals surface area (Å²) in [6.07, 6.45) is 3.68. The number of nitrogens with zero attached hydrogens (tertiary/aromatic N) is 2. The lowest BCUT2D eigenvalue weighted by Gasteiger charge is -2.08. The van der Waals surface area contributed by atoms with Crippen LogP contribution in [0.25, 0.3) is 10.9 Å². The molecule has 1 aliphatic rings. The van der Waals surface area contributed by atoms with Crippen molar-refractivity contribution in [2.45, 2.75) is 5.37 Å². The molecule has 1 atom stereocenters. The minimum atomic E-state index is 0.330. The quantitative estimate of drug-likeness (QED) is 0.738. The first-order valence-corrected chi connectivity index (χ1v) is 5.63. The van der Waals surface area contributed by atoms with Crippen LogP contribution in [-0.4, -0.2) is 27.5 Å². The Kier molecular flexibility index (Phi) is 1.92. The van der Waals surface area contributed by atoms with Crippen LogP contribution >= 0.6 is 11.8 Å². The molecule has 1 aliphatic heterocycles. The SMILES string of the molecule is c1cc2[nH]ncc2c(C2NCCS2)n1. The van der Waals surface area contributed by atoms with Gasteiger partial charge in [0.2, 0.25) is 0 Å². The van der Waals surface area contributed by atoms with Crippen molar-refractivity contribution in [2.75, 3.05) is 12.3 Å². The molecule has 5 heteroatoms. The normalized spacial score (nSPS) is 21.9. The Labute approximate surface area is 85.5 Å². The van der Waals surface area contributed by atoms with Gasteiger partial charge in [0.25, 0.3) is 0 Å². The molecule has 0 spiro atoms. The van der Waals surface area contributed by atoms with E-state index in [9.17, 15) is 0 Å². The first-order valence-electron chi connectivity index (χ1n) is 4.58. The Morgan fingerprint density at radius 1 is 1.50 bits per heavy atom. The Morgan fingerprint density at radius 3 is 3.36 bits per heavy atom. The minimum Gasteiger partial charge on any atom is -0.300 e. The smallest absolute Gasteiger partial charge is 0.0970 e. The summed E-state index contributed by atoms with van der Waals surface area (Å²) < 4.78 is 0. The molecule has 0 radical (unpaired) electrons. The molecular weight excluding hydrogens is 196 g/mol. The van der Waals surface area contributed by atoms with E-state index < -0.39 is 0 Å². The predicted octanol–water partition coefficient (Wildman–Crippen LogP) is 1.29. The summed E-state index contributed by atoms with van der Waals surface area (Å²) >= 11 is 1.90. The lowest BCUT2D eigenvalue weighted by Crippen LogP contribution is -2.13. The van der Waals surface area contributed by atoms with Crippen molar-refractivity contribution in [1.82, 2.24) is 20.5 Å². The maximum atomic E-state index is 4.42. The molecular formula is C9H10N4S. The molecule has 2 aromatic heterocycles. The van der Waals surface area contributed by atoms with E-state index in [1.165, 1.54) is 0 Å². The van der Waals surface area contributed by atoms with Crippen molar-refractivity contribution in [3.05, 3.63) is 24.2 Å². The number of rotatable bonds is 1. The molecule has 0 aliphatic carbocycles. The van der Waals surface area contributed by atoms with Crippen LogP contribution in [0.1, 0.15) is 11.1 Å². The molecule has 0 aromatic carbocycles. The maximum absolute atomic E-state index is 4.42. The average molecular weight is 206 g/mol. The van der Waals surface area contributed by atoms with Crippen molar-refractivity contribution >= 4 is 22.7 Å². The van der Waals surface area contributed by atoms with Crippen LogP contribution in [0.2, 0.25) is 0 Å². The lowest BCUT2D eigenvalue weighted by molar-refractivity contribution is 0.738. The number of thioether (sulfide) groups is 1. The zero-order valence-corrected chi connectivity index (χ0v) is 8.34. The van der Waals surface area contributed by atoms with E-state index in [2.05, 4.69) is 20.5 Å². The highest BCUT2D eigenvalue weighted by Gasteiger charge is 2.20. The standard InChI is InChI=1S/C9H10N4S/c1-2-10-8(9-11-3-4-14-9)6-5-12-13-7(1)6/h1-2,5,9,11H,3-4H2,(H,12,13). The van der Waals surface area contributed by atoms with Crippen molar-refractivity contribution in [3.63, 3.8) is 0 Å². The fourth-order valence-corrected chi connectivity index (χ4v) is 2.75. The van der Waals surface area contributed by atoms with E-state index in [1.54, 1.807) is 0 Å². The Hall–Kier alpha value is -1.07. The Balaban J connectivity index is 2.14. The van der Waals surface area contributed by atoms with E-state index in [0.29, 0.717) is 5.37 Å². The second-order valence-electron chi connectivity index (χ2n) is 3.23. The Morgan fingerprint density at radius 2 is 2.50 bits per heavy atom. The molecule has 1 saturated heterocycles. The number of pyridine rings is 1. The second kappa shape index (κ2) is 3.25. The fourth-order valence-electron chi connectivity index (χ4n) is 1.70. The molecule has 14 heavy (non-hydrogen) atoms. The largest absolute Gasteiger partial charge is 0.300 e. The number of hydrogen-bond donors (Lipinski definition) is 2. The van der Waals surface area contributed by atoms with Crippen LogP contribution in [0, 0.1) is 0 Å². The molecule has 1 fully saturated rings. The average Bonchev–Trinajstić information content (AvgIpc) is 2.88. The Bertz CT molecular complexity index is 447. The summed E-state index contributed by atoms with van der Waals surface area (Å²) in [6, 6.07) is 1.95. The van der Waals surface area contributed by atoms with Gasteiger partial charge in [-0.2, -0.15) is 5.10 Å². The summed E-state index contributed by atoms with van der Waals surface area (Å²) in [5.74, 6) is 1.15. The van der Waals surface area contributed by atoms with Gasteiger partial charge >= 0.3 is 0 Å². The van der Waals surface area contributed by atoms with Crippen molar-refractivity contribution in [2.24, 2.45) is 0 Å². The molecule has 3 heterocycles. The van der Waals surface area contributed by atoms with E-state index in [4.69, 9.17) is 0 Å². The van der Waals surface area contributed by atoms with Crippen molar-refractivity contribution in [1.29, 1.82) is 0 Å². The van der Waals surface area contributed by atoms with Crippen LogP contribution in [0.5, 0.6) is 0 Å². The van der Waals surface area contributed by atoms with Crippen molar-refractivity contribution in [3.8, 4) is 0 Å². The molecule has 3 rings (SSSR count). The third kappa shape index (κ3) is 1.20. The number of nitrogens with one attached hydrogen (secondary N) is 2. The molecule has 0 saturated carbocycles. The molecule has 0 amide bonds. The van der Waals surface area contributed by atoms with Gasteiger partial charge in [0.15, 0.2) is 0 Å². The van der Waals surface area contributed by atoms with Crippen LogP contribution in [0.4, 0.5) is 0 Å². The van der Waals surface area contributed by atoms with Crippen molar-refractivity contribution < 1.29 is 0 Å². The first kappa shape index (κ1) is 8.26. The predicted molar refractivity (Wildman–Crippen MR) is 57.1 cm³/mol. The summed E-state index contributed by atoms with van der Waals surface area (Å²) in [4.78, 5) is 4.42. The highest BCUT2D eigenvalue weighted by atomic mass is 32.2. The molecule has 2 N–H and O–H groups in total. The number of aromatic amines is 1. The van der Waals surface area contributed by atoms with Gasteiger partial charge in [0.1, 0.15) is 0 Å². The van der Waals surface area contributed by atoms with E-state index in [1.807, 2.05) is 30.2 Å². The zero-order chi connectivity index (χ0) is 9.38. The molecule has 0 bridgehead atoms. The molecule has 2 aromatic rings. The third-order valence-electron chi connectivity index (χ3n) is 2.36. The summed E-state index contributed by atoms with van der Waals surface area (Å²) in [5.41, 5.74) is 2.16. The van der Waals surface area contributed by atoms with Crippen LogP contribution in [0.15, 0.2) is 18.5 Å². The number of fused-ring (bicyclic) bond motifs is 1. The minimum absolute atomic E-state index is 0.330. The highest BCUT2D eigenvalue weighted by Crippen LogP contribution is 2.31. The van der Waals surface area contributed by atoms with Crippen LogP contribution < -0.4 is 5.32 Å². The van der Waals surface area contributed by atoms with Gasteiger partial charge in [0.05, 0.1) is 22.8 Å². The number of H-pyrrole nitrogens is 1. The lowest BCUT2D eigenvalue weighted by atomic mass is 10.2. The monoisotopic (exact) mass is 206 g/mol.